The van der Waals surface area contributed by atoms with Crippen molar-refractivity contribution < 1.29 is 4.74 Å². The number of hydrogen-bond acceptors (Lipinski definition) is 4. The first-order valence-corrected chi connectivity index (χ1v) is 8.93. The molecule has 0 bridgehead atoms. The fourth-order valence-corrected chi connectivity index (χ4v) is 3.74. The molecule has 0 fully saturated rings. The van der Waals surface area contributed by atoms with Crippen molar-refractivity contribution in [3.8, 4) is 5.75 Å². The lowest BCUT2D eigenvalue weighted by Gasteiger charge is -2.02. The molecular formula is C13H18OS3. The second kappa shape index (κ2) is 9.80. The van der Waals surface area contributed by atoms with Crippen molar-refractivity contribution in [3.05, 3.63) is 35.7 Å². The Morgan fingerprint density at radius 1 is 1.35 bits per heavy atom. The van der Waals surface area contributed by atoms with Crippen LogP contribution < -0.4 is 4.74 Å². The number of hydrogen-bond donors (Lipinski definition) is 0. The van der Waals surface area contributed by atoms with E-state index in [1.807, 2.05) is 45.5 Å². The molecule has 0 aliphatic heterocycles. The average Bonchev–Trinajstić information content (AvgIpc) is 2.38. The topological polar surface area (TPSA) is 9.23 Å². The molecule has 0 N–H and O–H groups in total. The van der Waals surface area contributed by atoms with E-state index in [1.165, 1.54) is 17.1 Å². The van der Waals surface area contributed by atoms with Gasteiger partial charge in [0.25, 0.3) is 0 Å². The molecule has 17 heavy (non-hydrogen) atoms. The van der Waals surface area contributed by atoms with Gasteiger partial charge < -0.3 is 4.74 Å². The minimum atomic E-state index is 0.923. The first kappa shape index (κ1) is 14.9. The van der Waals surface area contributed by atoms with E-state index in [1.54, 1.807) is 7.11 Å². The van der Waals surface area contributed by atoms with Gasteiger partial charge in [0.2, 0.25) is 0 Å². The molecule has 4 heteroatoms. The Bertz CT molecular complexity index is 339. The SMILES string of the molecule is CCCSS/C=C\CSc1cccc(OC)c1. The minimum absolute atomic E-state index is 0.923. The minimum Gasteiger partial charge on any atom is -0.497 e. The summed E-state index contributed by atoms with van der Waals surface area (Å²) in [7, 11) is 5.42. The third-order valence-electron chi connectivity index (χ3n) is 1.89. The molecule has 1 aromatic rings. The Balaban J connectivity index is 2.21. The maximum absolute atomic E-state index is 5.19. The van der Waals surface area contributed by atoms with Crippen molar-refractivity contribution >= 4 is 33.3 Å². The Morgan fingerprint density at radius 3 is 3.00 bits per heavy atom. The average molecular weight is 286 g/mol. The molecular weight excluding hydrogens is 268 g/mol. The molecule has 0 unspecified atom stereocenters. The highest BCUT2D eigenvalue weighted by molar-refractivity contribution is 8.77. The molecule has 0 atom stereocenters. The van der Waals surface area contributed by atoms with Crippen LogP contribution in [-0.4, -0.2) is 18.6 Å². The molecule has 0 aliphatic carbocycles. The lowest BCUT2D eigenvalue weighted by atomic mass is 10.3. The predicted octanol–water partition coefficient (Wildman–Crippen LogP) is 5.09. The van der Waals surface area contributed by atoms with Gasteiger partial charge in [-0.3, -0.25) is 0 Å². The van der Waals surface area contributed by atoms with Crippen LogP contribution in [0.3, 0.4) is 0 Å². The van der Waals surface area contributed by atoms with Crippen LogP contribution in [0, 0.1) is 0 Å². The van der Waals surface area contributed by atoms with Gasteiger partial charge in [-0.1, -0.05) is 40.7 Å². The van der Waals surface area contributed by atoms with Crippen LogP contribution in [0.1, 0.15) is 13.3 Å². The Morgan fingerprint density at radius 2 is 2.24 bits per heavy atom. The first-order chi connectivity index (χ1) is 8.36. The van der Waals surface area contributed by atoms with Crippen LogP contribution in [0.15, 0.2) is 40.6 Å². The zero-order chi connectivity index (χ0) is 12.3. The summed E-state index contributed by atoms with van der Waals surface area (Å²) in [4.78, 5) is 1.25. The Hall–Kier alpha value is -0.190. The Labute approximate surface area is 116 Å². The quantitative estimate of drug-likeness (QED) is 0.373. The monoisotopic (exact) mass is 286 g/mol. The van der Waals surface area contributed by atoms with Crippen molar-refractivity contribution in [3.63, 3.8) is 0 Å². The van der Waals surface area contributed by atoms with E-state index >= 15 is 0 Å². The van der Waals surface area contributed by atoms with E-state index in [9.17, 15) is 0 Å². The molecule has 0 spiro atoms. The van der Waals surface area contributed by atoms with Crippen LogP contribution in [0.2, 0.25) is 0 Å². The van der Waals surface area contributed by atoms with Gasteiger partial charge in [0, 0.05) is 16.4 Å². The third-order valence-corrected chi connectivity index (χ3v) is 5.10. The predicted molar refractivity (Wildman–Crippen MR) is 83.2 cm³/mol. The molecule has 0 heterocycles. The number of ether oxygens (including phenoxy) is 1. The van der Waals surface area contributed by atoms with Crippen LogP contribution >= 0.6 is 33.3 Å². The number of benzene rings is 1. The van der Waals surface area contributed by atoms with E-state index in [-0.39, 0.29) is 0 Å². The smallest absolute Gasteiger partial charge is 0.119 e. The summed E-state index contributed by atoms with van der Waals surface area (Å²) in [6, 6.07) is 8.17. The van der Waals surface area contributed by atoms with E-state index in [0.717, 1.165) is 11.5 Å². The largest absolute Gasteiger partial charge is 0.497 e. The molecule has 0 saturated heterocycles. The molecule has 1 aromatic carbocycles. The summed E-state index contributed by atoms with van der Waals surface area (Å²) >= 11 is 1.82. The fraction of sp³-hybridized carbons (Fsp3) is 0.385. The maximum atomic E-state index is 5.19. The standard InChI is InChI=1S/C13H18OS3/c1-3-8-16-17-10-5-9-15-13-7-4-6-12(11-13)14-2/h4-7,10-11H,3,8-9H2,1-2H3/b10-5-. The van der Waals surface area contributed by atoms with E-state index in [2.05, 4.69) is 30.5 Å². The molecule has 0 radical (unpaired) electrons. The van der Waals surface area contributed by atoms with Gasteiger partial charge >= 0.3 is 0 Å². The van der Waals surface area contributed by atoms with Gasteiger partial charge in [0.1, 0.15) is 5.75 Å². The summed E-state index contributed by atoms with van der Waals surface area (Å²) in [6.45, 7) is 2.20. The van der Waals surface area contributed by atoms with Crippen molar-refractivity contribution in [2.75, 3.05) is 18.6 Å². The highest BCUT2D eigenvalue weighted by Crippen LogP contribution is 2.25. The van der Waals surface area contributed by atoms with Gasteiger partial charge in [0.15, 0.2) is 0 Å². The van der Waals surface area contributed by atoms with Gasteiger partial charge in [0.05, 0.1) is 7.11 Å². The first-order valence-electron chi connectivity index (χ1n) is 5.57. The van der Waals surface area contributed by atoms with E-state index in [0.29, 0.717) is 0 Å². The second-order valence-corrected chi connectivity index (χ2v) is 6.77. The van der Waals surface area contributed by atoms with Crippen LogP contribution in [-0.2, 0) is 0 Å². The fourth-order valence-electron chi connectivity index (χ4n) is 1.08. The summed E-state index contributed by atoms with van der Waals surface area (Å²) in [5.74, 6) is 3.15. The second-order valence-electron chi connectivity index (χ2n) is 3.28. The molecule has 1 rings (SSSR count). The summed E-state index contributed by atoms with van der Waals surface area (Å²) in [5, 5.41) is 2.17. The number of methoxy groups -OCH3 is 1. The molecule has 0 aliphatic rings. The summed E-state index contributed by atoms with van der Waals surface area (Å²) < 4.78 is 5.19. The molecule has 0 aromatic heterocycles. The van der Waals surface area contributed by atoms with Crippen LogP contribution in [0.5, 0.6) is 5.75 Å². The zero-order valence-corrected chi connectivity index (χ0v) is 12.7. The summed E-state index contributed by atoms with van der Waals surface area (Å²) in [5.41, 5.74) is 0. The highest BCUT2D eigenvalue weighted by atomic mass is 33.1. The van der Waals surface area contributed by atoms with Gasteiger partial charge in [-0.2, -0.15) is 0 Å². The normalized spacial score (nSPS) is 10.9. The number of thioether (sulfide) groups is 1. The molecule has 0 amide bonds. The van der Waals surface area contributed by atoms with Gasteiger partial charge in [-0.25, -0.2) is 0 Å². The molecule has 1 nitrogen and oxygen atoms in total. The van der Waals surface area contributed by atoms with Gasteiger partial charge in [-0.05, 0) is 30.0 Å². The third kappa shape index (κ3) is 6.96. The van der Waals surface area contributed by atoms with Gasteiger partial charge in [-0.15, -0.1) is 11.8 Å². The Kier molecular flexibility index (Phi) is 8.57. The maximum Gasteiger partial charge on any atom is 0.119 e. The number of rotatable bonds is 8. The van der Waals surface area contributed by atoms with Crippen molar-refractivity contribution in [2.45, 2.75) is 18.2 Å². The lowest BCUT2D eigenvalue weighted by molar-refractivity contribution is 0.413. The van der Waals surface area contributed by atoms with E-state index in [4.69, 9.17) is 4.74 Å². The van der Waals surface area contributed by atoms with Crippen molar-refractivity contribution in [1.82, 2.24) is 0 Å². The molecule has 0 saturated carbocycles. The van der Waals surface area contributed by atoms with Crippen molar-refractivity contribution in [2.24, 2.45) is 0 Å². The zero-order valence-electron chi connectivity index (χ0n) is 10.2. The molecule has 94 valence electrons. The highest BCUT2D eigenvalue weighted by Gasteiger charge is 1.94. The lowest BCUT2D eigenvalue weighted by Crippen LogP contribution is -1.82. The summed E-state index contributed by atoms with van der Waals surface area (Å²) in [6.07, 6.45) is 3.45. The van der Waals surface area contributed by atoms with Crippen LogP contribution in [0.4, 0.5) is 0 Å². The van der Waals surface area contributed by atoms with Crippen LogP contribution in [0.25, 0.3) is 0 Å². The van der Waals surface area contributed by atoms with E-state index < -0.39 is 0 Å². The van der Waals surface area contributed by atoms with Crippen molar-refractivity contribution in [1.29, 1.82) is 0 Å².